The topological polar surface area (TPSA) is 55.8 Å². The fraction of sp³-hybridized carbons (Fsp3) is 0.760. The maximum Gasteiger partial charge on any atom is 0.527 e. The van der Waals surface area contributed by atoms with Crippen molar-refractivity contribution in [3.05, 3.63) is 29.3 Å². The average Bonchev–Trinajstić information content (AvgIpc) is 2.66. The van der Waals surface area contributed by atoms with Gasteiger partial charge >= 0.3 is 7.82 Å². The van der Waals surface area contributed by atoms with Gasteiger partial charge in [-0.05, 0) is 24.8 Å². The number of rotatable bonds is 16. The van der Waals surface area contributed by atoms with Crippen molar-refractivity contribution in [2.75, 3.05) is 6.61 Å². The quantitative estimate of drug-likeness (QED) is 0.207. The van der Waals surface area contributed by atoms with E-state index in [0.29, 0.717) is 5.75 Å². The zero-order valence-electron chi connectivity index (χ0n) is 20.0. The van der Waals surface area contributed by atoms with Crippen LogP contribution in [-0.4, -0.2) is 11.5 Å². The molecule has 30 heavy (non-hydrogen) atoms. The van der Waals surface area contributed by atoms with Crippen LogP contribution in [0.25, 0.3) is 0 Å². The first-order valence-electron chi connectivity index (χ1n) is 11.9. The Morgan fingerprint density at radius 3 is 1.87 bits per heavy atom. The summed E-state index contributed by atoms with van der Waals surface area (Å²) < 4.78 is 23.0. The summed E-state index contributed by atoms with van der Waals surface area (Å²) in [6.07, 6.45) is 15.0. The summed E-state index contributed by atoms with van der Waals surface area (Å²) in [5.41, 5.74) is 1.82. The minimum absolute atomic E-state index is 0.184. The summed E-state index contributed by atoms with van der Waals surface area (Å²) in [5, 5.41) is 0. The molecule has 0 saturated carbocycles. The van der Waals surface area contributed by atoms with Gasteiger partial charge in [0.1, 0.15) is 5.75 Å². The Kier molecular flexibility index (Phi) is 12.9. The molecule has 1 N–H and O–H groups in total. The van der Waals surface area contributed by atoms with E-state index in [-0.39, 0.29) is 12.0 Å². The highest BCUT2D eigenvalue weighted by Crippen LogP contribution is 2.47. The molecule has 1 aromatic carbocycles. The zero-order valence-corrected chi connectivity index (χ0v) is 20.9. The molecule has 0 amide bonds. The van der Waals surface area contributed by atoms with Crippen LogP contribution in [0.2, 0.25) is 0 Å². The number of hydrogen-bond acceptors (Lipinski definition) is 3. The molecular weight excluding hydrogens is 395 g/mol. The van der Waals surface area contributed by atoms with Gasteiger partial charge in [0.25, 0.3) is 0 Å². The van der Waals surface area contributed by atoms with Gasteiger partial charge in [0.15, 0.2) is 0 Å². The van der Waals surface area contributed by atoms with Gasteiger partial charge in [0, 0.05) is 5.56 Å². The fourth-order valence-electron chi connectivity index (χ4n) is 3.58. The van der Waals surface area contributed by atoms with Gasteiger partial charge in [-0.1, -0.05) is 116 Å². The first-order chi connectivity index (χ1) is 14.2. The van der Waals surface area contributed by atoms with Crippen LogP contribution in [0.15, 0.2) is 18.2 Å². The highest BCUT2D eigenvalue weighted by molar-refractivity contribution is 7.47. The van der Waals surface area contributed by atoms with Crippen LogP contribution < -0.4 is 4.52 Å². The molecular formula is C25H45O4P. The number of phosphoric ester groups is 1. The lowest BCUT2D eigenvalue weighted by Crippen LogP contribution is -2.13. The van der Waals surface area contributed by atoms with Crippen LogP contribution >= 0.6 is 7.82 Å². The average molecular weight is 441 g/mol. The fourth-order valence-corrected chi connectivity index (χ4v) is 4.40. The molecule has 0 aliphatic heterocycles. The highest BCUT2D eigenvalue weighted by Gasteiger charge is 2.27. The second kappa shape index (κ2) is 14.3. The molecule has 0 radical (unpaired) electrons. The molecule has 0 aromatic heterocycles. The highest BCUT2D eigenvalue weighted by atomic mass is 31.2. The molecule has 5 heteroatoms. The van der Waals surface area contributed by atoms with Gasteiger partial charge in [-0.15, -0.1) is 0 Å². The molecule has 4 nitrogen and oxygen atoms in total. The van der Waals surface area contributed by atoms with E-state index in [1.165, 1.54) is 57.8 Å². The normalized spacial score (nSPS) is 13.9. The standard InChI is InChI=1S/C25H45O4P/c1-6-7-8-9-10-11-12-13-14-15-16-17-20-28-30(26,27)29-24-19-18-22(2)21-23(24)25(3,4)5/h18-19,21H,6-17,20H2,1-5H3,(H,26,27). The van der Waals surface area contributed by atoms with E-state index in [4.69, 9.17) is 9.05 Å². The molecule has 0 aliphatic carbocycles. The summed E-state index contributed by atoms with van der Waals surface area (Å²) >= 11 is 0. The SMILES string of the molecule is CCCCCCCCCCCCCCOP(=O)(O)Oc1ccc(C)cc1C(C)(C)C. The van der Waals surface area contributed by atoms with Crippen LogP contribution in [0.5, 0.6) is 5.75 Å². The van der Waals surface area contributed by atoms with Crippen molar-refractivity contribution in [2.24, 2.45) is 0 Å². The van der Waals surface area contributed by atoms with Crippen LogP contribution in [0, 0.1) is 6.92 Å². The predicted octanol–water partition coefficient (Wildman–Crippen LogP) is 8.49. The predicted molar refractivity (Wildman–Crippen MR) is 127 cm³/mol. The number of hydrogen-bond donors (Lipinski definition) is 1. The van der Waals surface area contributed by atoms with Gasteiger partial charge in [-0.3, -0.25) is 9.42 Å². The van der Waals surface area contributed by atoms with Crippen molar-refractivity contribution in [3.8, 4) is 5.75 Å². The lowest BCUT2D eigenvalue weighted by molar-refractivity contribution is 0.198. The monoisotopic (exact) mass is 440 g/mol. The van der Waals surface area contributed by atoms with E-state index in [1.54, 1.807) is 6.07 Å². The number of benzene rings is 1. The Morgan fingerprint density at radius 1 is 0.867 bits per heavy atom. The van der Waals surface area contributed by atoms with Crippen LogP contribution in [0.4, 0.5) is 0 Å². The summed E-state index contributed by atoms with van der Waals surface area (Å²) in [4.78, 5) is 10.1. The zero-order chi connectivity index (χ0) is 22.5. The van der Waals surface area contributed by atoms with Gasteiger partial charge in [0.2, 0.25) is 0 Å². The van der Waals surface area contributed by atoms with E-state index in [9.17, 15) is 9.46 Å². The third-order valence-electron chi connectivity index (χ3n) is 5.41. The minimum atomic E-state index is -4.11. The van der Waals surface area contributed by atoms with E-state index in [2.05, 4.69) is 27.7 Å². The van der Waals surface area contributed by atoms with E-state index in [0.717, 1.165) is 30.4 Å². The van der Waals surface area contributed by atoms with Crippen molar-refractivity contribution in [3.63, 3.8) is 0 Å². The third kappa shape index (κ3) is 12.1. The summed E-state index contributed by atoms with van der Waals surface area (Å²) in [5.74, 6) is 0.425. The third-order valence-corrected chi connectivity index (χ3v) is 6.35. The molecule has 1 rings (SSSR count). The molecule has 0 fully saturated rings. The lowest BCUT2D eigenvalue weighted by atomic mass is 9.85. The smallest absolute Gasteiger partial charge is 0.404 e. The van der Waals surface area contributed by atoms with Gasteiger partial charge < -0.3 is 4.52 Å². The second-order valence-electron chi connectivity index (χ2n) is 9.53. The maximum atomic E-state index is 12.4. The Morgan fingerprint density at radius 2 is 1.37 bits per heavy atom. The van der Waals surface area contributed by atoms with Gasteiger partial charge in [-0.2, -0.15) is 0 Å². The summed E-state index contributed by atoms with van der Waals surface area (Å²) in [6, 6.07) is 5.64. The van der Waals surface area contributed by atoms with Crippen molar-refractivity contribution >= 4 is 7.82 Å². The lowest BCUT2D eigenvalue weighted by Gasteiger charge is -2.24. The Bertz CT molecular complexity index is 637. The molecule has 1 unspecified atom stereocenters. The first kappa shape index (κ1) is 27.2. The summed E-state index contributed by atoms with van der Waals surface area (Å²) in [7, 11) is -4.11. The van der Waals surface area contributed by atoms with Crippen molar-refractivity contribution in [1.82, 2.24) is 0 Å². The Hall–Kier alpha value is -0.830. The first-order valence-corrected chi connectivity index (χ1v) is 13.4. The Labute approximate surface area is 185 Å². The van der Waals surface area contributed by atoms with E-state index < -0.39 is 7.82 Å². The second-order valence-corrected chi connectivity index (χ2v) is 10.9. The molecule has 0 aliphatic rings. The van der Waals surface area contributed by atoms with Crippen molar-refractivity contribution < 1.29 is 18.5 Å². The number of aryl methyl sites for hydroxylation is 1. The Balaban J connectivity index is 2.20. The minimum Gasteiger partial charge on any atom is -0.404 e. The maximum absolute atomic E-state index is 12.4. The molecule has 0 bridgehead atoms. The molecule has 0 heterocycles. The largest absolute Gasteiger partial charge is 0.527 e. The molecule has 174 valence electrons. The van der Waals surface area contributed by atoms with Crippen LogP contribution in [0.3, 0.4) is 0 Å². The number of unbranched alkanes of at least 4 members (excludes halogenated alkanes) is 11. The molecule has 0 spiro atoms. The van der Waals surface area contributed by atoms with Crippen molar-refractivity contribution in [1.29, 1.82) is 0 Å². The molecule has 0 saturated heterocycles. The molecule has 1 aromatic rings. The summed E-state index contributed by atoms with van der Waals surface area (Å²) in [6.45, 7) is 10.7. The van der Waals surface area contributed by atoms with Gasteiger partial charge in [0.05, 0.1) is 6.61 Å². The van der Waals surface area contributed by atoms with Gasteiger partial charge in [-0.25, -0.2) is 4.57 Å². The van der Waals surface area contributed by atoms with Crippen LogP contribution in [0.1, 0.15) is 116 Å². The van der Waals surface area contributed by atoms with E-state index >= 15 is 0 Å². The van der Waals surface area contributed by atoms with Crippen molar-refractivity contribution in [2.45, 2.75) is 117 Å². The van der Waals surface area contributed by atoms with E-state index in [1.807, 2.05) is 19.1 Å². The van der Waals surface area contributed by atoms with Crippen LogP contribution in [-0.2, 0) is 14.5 Å². The number of phosphoric acid groups is 1. The molecule has 1 atom stereocenters.